The highest BCUT2D eigenvalue weighted by Gasteiger charge is 2.38. The van der Waals surface area contributed by atoms with Crippen LogP contribution < -0.4 is 4.90 Å². The van der Waals surface area contributed by atoms with E-state index in [1.165, 1.54) is 12.0 Å². The van der Waals surface area contributed by atoms with Crippen molar-refractivity contribution in [3.05, 3.63) is 90.3 Å². The van der Waals surface area contributed by atoms with E-state index >= 15 is 0 Å². The van der Waals surface area contributed by atoms with Crippen molar-refractivity contribution in [3.8, 4) is 11.1 Å². The number of hydrogen-bond donors (Lipinski definition) is 2. The van der Waals surface area contributed by atoms with Crippen LogP contribution in [0.25, 0.3) is 28.2 Å². The highest BCUT2D eigenvalue weighted by molar-refractivity contribution is 5.86. The van der Waals surface area contributed by atoms with Gasteiger partial charge < -0.3 is 15.0 Å². The van der Waals surface area contributed by atoms with Crippen LogP contribution in [0.2, 0.25) is 0 Å². The Morgan fingerprint density at radius 3 is 2.53 bits per heavy atom. The molecule has 2 N–H and O–H groups in total. The maximum absolute atomic E-state index is 12.5. The average molecular weight is 480 g/mol. The summed E-state index contributed by atoms with van der Waals surface area (Å²) in [6, 6.07) is 22.4. The van der Waals surface area contributed by atoms with Gasteiger partial charge in [0.15, 0.2) is 0 Å². The molecule has 1 fully saturated rings. The quantitative estimate of drug-likeness (QED) is 0.231. The van der Waals surface area contributed by atoms with Crippen LogP contribution in [-0.4, -0.2) is 33.0 Å². The van der Waals surface area contributed by atoms with Crippen molar-refractivity contribution in [2.45, 2.75) is 44.1 Å². The number of aromatic nitrogens is 2. The largest absolute Gasteiger partial charge is 0.478 e. The van der Waals surface area contributed by atoms with E-state index in [0.29, 0.717) is 0 Å². The number of hydrogen-bond acceptors (Lipinski definition) is 3. The molecule has 0 aliphatic heterocycles. The van der Waals surface area contributed by atoms with E-state index in [4.69, 9.17) is 5.11 Å². The molecule has 1 aromatic heterocycles. The number of imidazole rings is 1. The van der Waals surface area contributed by atoms with Gasteiger partial charge in [-0.25, -0.2) is 9.78 Å². The second-order valence-electron chi connectivity index (χ2n) is 9.54. The number of nitrogens with one attached hydrogen (secondary N) is 1. The Labute approximate surface area is 210 Å². The Kier molecular flexibility index (Phi) is 6.67. The molecule has 3 aromatic carbocycles. The maximum atomic E-state index is 12.5. The number of aliphatic carboxylic acids is 1. The monoisotopic (exact) mass is 479 g/mol. The first-order valence-electron chi connectivity index (χ1n) is 12.3. The number of fused-ring (bicyclic) bond motifs is 1. The molecule has 182 valence electrons. The molecule has 0 atom stereocenters. The molecule has 36 heavy (non-hydrogen) atoms. The van der Waals surface area contributed by atoms with Gasteiger partial charge >= 0.3 is 5.97 Å². The lowest BCUT2D eigenvalue weighted by Gasteiger charge is -2.45. The molecule has 0 bridgehead atoms. The van der Waals surface area contributed by atoms with Gasteiger partial charge in [-0.2, -0.15) is 0 Å². The normalized spacial score (nSPS) is 15.2. The van der Waals surface area contributed by atoms with Crippen LogP contribution in [0.15, 0.2) is 79.1 Å². The van der Waals surface area contributed by atoms with Crippen LogP contribution in [0.4, 0.5) is 5.69 Å². The third-order valence-corrected chi connectivity index (χ3v) is 7.21. The molecule has 0 radical (unpaired) electrons. The molecule has 0 spiro atoms. The van der Waals surface area contributed by atoms with Crippen LogP contribution in [0.3, 0.4) is 0 Å². The van der Waals surface area contributed by atoms with Crippen LogP contribution in [0, 0.1) is 0 Å². The number of rotatable bonds is 8. The van der Waals surface area contributed by atoms with Gasteiger partial charge in [0.25, 0.3) is 0 Å². The number of aromatic amines is 1. The number of benzene rings is 3. The fraction of sp³-hybridized carbons (Fsp3) is 0.233. The van der Waals surface area contributed by atoms with E-state index < -0.39 is 5.97 Å². The first kappa shape index (κ1) is 23.5. The van der Waals surface area contributed by atoms with Crippen molar-refractivity contribution in [1.29, 1.82) is 0 Å². The summed E-state index contributed by atoms with van der Waals surface area (Å²) >= 11 is 0. The summed E-state index contributed by atoms with van der Waals surface area (Å²) in [4.78, 5) is 32.8. The van der Waals surface area contributed by atoms with Crippen LogP contribution in [0.1, 0.15) is 43.2 Å². The molecular weight excluding hydrogens is 450 g/mol. The smallest absolute Gasteiger partial charge is 0.328 e. The van der Waals surface area contributed by atoms with E-state index in [1.54, 1.807) is 12.4 Å². The molecule has 1 aliphatic rings. The van der Waals surface area contributed by atoms with Crippen molar-refractivity contribution < 1.29 is 14.7 Å². The Morgan fingerprint density at radius 2 is 1.78 bits per heavy atom. The summed E-state index contributed by atoms with van der Waals surface area (Å²) in [6.45, 7) is 0. The lowest BCUT2D eigenvalue weighted by atomic mass is 9.76. The summed E-state index contributed by atoms with van der Waals surface area (Å²) < 4.78 is 0. The van der Waals surface area contributed by atoms with Crippen molar-refractivity contribution in [3.63, 3.8) is 0 Å². The molecule has 4 aromatic rings. The first-order chi connectivity index (χ1) is 17.6. The Hall–Kier alpha value is -4.19. The Morgan fingerprint density at radius 1 is 1.00 bits per heavy atom. The third-order valence-electron chi connectivity index (χ3n) is 7.21. The molecular formula is C30H29N3O3. The molecule has 6 nitrogen and oxygen atoms in total. The summed E-state index contributed by atoms with van der Waals surface area (Å²) in [5.41, 5.74) is 6.66. The second-order valence-corrected chi connectivity index (χ2v) is 9.54. The van der Waals surface area contributed by atoms with Gasteiger partial charge in [0, 0.05) is 11.8 Å². The lowest BCUT2D eigenvalue weighted by molar-refractivity contribution is -0.131. The molecule has 0 unspecified atom stereocenters. The molecule has 1 aliphatic carbocycles. The van der Waals surface area contributed by atoms with Crippen molar-refractivity contribution in [2.75, 3.05) is 4.90 Å². The number of carboxylic acid groups (broad SMARTS) is 1. The minimum Gasteiger partial charge on any atom is -0.478 e. The van der Waals surface area contributed by atoms with Crippen molar-refractivity contribution in [1.82, 2.24) is 9.97 Å². The van der Waals surface area contributed by atoms with Gasteiger partial charge in [0.05, 0.1) is 22.9 Å². The van der Waals surface area contributed by atoms with Gasteiger partial charge in [-0.05, 0) is 71.9 Å². The zero-order chi connectivity index (χ0) is 25.0. The molecule has 1 saturated carbocycles. The van der Waals surface area contributed by atoms with Gasteiger partial charge in [0.1, 0.15) is 0 Å². The van der Waals surface area contributed by atoms with Crippen molar-refractivity contribution >= 4 is 35.2 Å². The van der Waals surface area contributed by atoms with Gasteiger partial charge in [0.2, 0.25) is 6.41 Å². The number of amides is 1. The number of nitrogens with zero attached hydrogens (tertiary/aromatic N) is 2. The fourth-order valence-corrected chi connectivity index (χ4v) is 5.42. The Bertz CT molecular complexity index is 1400. The zero-order valence-corrected chi connectivity index (χ0v) is 20.1. The van der Waals surface area contributed by atoms with Gasteiger partial charge in [-0.3, -0.25) is 4.79 Å². The minimum absolute atomic E-state index is 0.314. The standard InChI is InChI=1S/C30H29N3O3/c34-21-33(26-6-4-5-22(17-26)9-14-29(35)36)30(15-2-1-3-16-30)19-23-7-10-24(11-8-23)25-12-13-27-28(18-25)32-20-31-27/h4-14,17-18,20-21H,1-3,15-16,19H2,(H,31,32)(H,35,36)/b14-9+. The van der Waals surface area contributed by atoms with Crippen LogP contribution >= 0.6 is 0 Å². The number of anilines is 1. The molecule has 0 saturated heterocycles. The molecule has 1 heterocycles. The lowest BCUT2D eigenvalue weighted by Crippen LogP contribution is -2.51. The first-order valence-corrected chi connectivity index (χ1v) is 12.3. The van der Waals surface area contributed by atoms with Crippen LogP contribution in [-0.2, 0) is 16.0 Å². The van der Waals surface area contributed by atoms with Gasteiger partial charge in [-0.1, -0.05) is 61.7 Å². The predicted molar refractivity (Wildman–Crippen MR) is 143 cm³/mol. The average Bonchev–Trinajstić information content (AvgIpc) is 3.37. The van der Waals surface area contributed by atoms with E-state index in [9.17, 15) is 9.59 Å². The minimum atomic E-state index is -0.996. The molecule has 6 heteroatoms. The highest BCUT2D eigenvalue weighted by Crippen LogP contribution is 2.39. The number of carboxylic acids is 1. The Balaban J connectivity index is 1.43. The van der Waals surface area contributed by atoms with E-state index in [0.717, 1.165) is 78.0 Å². The van der Waals surface area contributed by atoms with Crippen molar-refractivity contribution in [2.24, 2.45) is 0 Å². The maximum Gasteiger partial charge on any atom is 0.328 e. The van der Waals surface area contributed by atoms with Crippen LogP contribution in [0.5, 0.6) is 0 Å². The highest BCUT2D eigenvalue weighted by atomic mass is 16.4. The second kappa shape index (κ2) is 10.2. The fourth-order valence-electron chi connectivity index (χ4n) is 5.42. The zero-order valence-electron chi connectivity index (χ0n) is 20.1. The SMILES string of the molecule is O=CN(c1cccc(/C=C/C(=O)O)c1)C1(Cc2ccc(-c3ccc4nc[nH]c4c3)cc2)CCCCC1. The number of carbonyl (C=O) groups is 2. The molecule has 1 amide bonds. The summed E-state index contributed by atoms with van der Waals surface area (Å²) in [7, 11) is 0. The summed E-state index contributed by atoms with van der Waals surface area (Å²) in [5, 5.41) is 8.98. The summed E-state index contributed by atoms with van der Waals surface area (Å²) in [5.74, 6) is -0.996. The van der Waals surface area contributed by atoms with Gasteiger partial charge in [-0.15, -0.1) is 0 Å². The third kappa shape index (κ3) is 4.93. The van der Waals surface area contributed by atoms with E-state index in [1.807, 2.05) is 35.2 Å². The number of carbonyl (C=O) groups excluding carboxylic acids is 1. The molecule has 5 rings (SSSR count). The topological polar surface area (TPSA) is 86.3 Å². The summed E-state index contributed by atoms with van der Waals surface area (Å²) in [6.07, 6.45) is 11.3. The van der Waals surface area contributed by atoms with E-state index in [-0.39, 0.29) is 5.54 Å². The number of H-pyrrole nitrogens is 1. The van der Waals surface area contributed by atoms with E-state index in [2.05, 4.69) is 46.4 Å². The predicted octanol–water partition coefficient (Wildman–Crippen LogP) is 6.24.